The predicted molar refractivity (Wildman–Crippen MR) is 80.2 cm³/mol. The molecule has 18 heavy (non-hydrogen) atoms. The molecule has 0 atom stereocenters. The molecule has 0 saturated carbocycles. The fraction of sp³-hybridized carbons (Fsp3) is 0.143. The molecule has 2 aromatic rings. The van der Waals surface area contributed by atoms with Gasteiger partial charge < -0.3 is 10.6 Å². The van der Waals surface area contributed by atoms with E-state index >= 15 is 0 Å². The smallest absolute Gasteiger partial charge is 0.146 e. The molecule has 0 aliphatic carbocycles. The lowest BCUT2D eigenvalue weighted by Crippen LogP contribution is -2.17. The Kier molecular flexibility index (Phi) is 3.35. The van der Waals surface area contributed by atoms with Gasteiger partial charge in [0, 0.05) is 10.8 Å². The van der Waals surface area contributed by atoms with Gasteiger partial charge in [-0.3, -0.25) is 0 Å². The maximum atomic E-state index is 6.14. The molecule has 2 aromatic carbocycles. The number of anilines is 2. The highest BCUT2D eigenvalue weighted by Gasteiger charge is 2.18. The molecular formula is C14H13ClN2S. The Morgan fingerprint density at radius 1 is 0.944 bits per heavy atom. The summed E-state index contributed by atoms with van der Waals surface area (Å²) >= 11 is 7.95. The molecule has 0 amide bonds. The van der Waals surface area contributed by atoms with Crippen LogP contribution < -0.4 is 10.6 Å². The van der Waals surface area contributed by atoms with Crippen molar-refractivity contribution in [2.24, 2.45) is 0 Å². The zero-order valence-corrected chi connectivity index (χ0v) is 11.3. The third-order valence-corrected chi connectivity index (χ3v) is 4.28. The van der Waals surface area contributed by atoms with Crippen molar-refractivity contribution < 1.29 is 0 Å². The van der Waals surface area contributed by atoms with Gasteiger partial charge in [-0.05, 0) is 23.8 Å². The number of nitrogens with one attached hydrogen (secondary N) is 2. The molecule has 3 rings (SSSR count). The number of hydrogen-bond donors (Lipinski definition) is 2. The number of fused-ring (bicyclic) bond motifs is 1. The van der Waals surface area contributed by atoms with Crippen molar-refractivity contribution in [1.29, 1.82) is 0 Å². The average molecular weight is 277 g/mol. The summed E-state index contributed by atoms with van der Waals surface area (Å²) in [4.78, 5) is 0. The second kappa shape index (κ2) is 5.12. The maximum absolute atomic E-state index is 6.14. The van der Waals surface area contributed by atoms with E-state index in [1.165, 1.54) is 5.56 Å². The second-order valence-electron chi connectivity index (χ2n) is 4.12. The quantitative estimate of drug-likeness (QED) is 0.869. The van der Waals surface area contributed by atoms with Crippen LogP contribution in [0, 0.1) is 0 Å². The summed E-state index contributed by atoms with van der Waals surface area (Å²) in [7, 11) is 0. The van der Waals surface area contributed by atoms with Crippen molar-refractivity contribution in [3.63, 3.8) is 0 Å². The lowest BCUT2D eigenvalue weighted by Gasteiger charge is -2.12. The van der Waals surface area contributed by atoms with Gasteiger partial charge in [-0.15, -0.1) is 11.8 Å². The van der Waals surface area contributed by atoms with E-state index in [1.54, 1.807) is 11.8 Å². The Labute approximate surface area is 116 Å². The summed E-state index contributed by atoms with van der Waals surface area (Å²) in [5, 5.41) is 7.70. The van der Waals surface area contributed by atoms with Gasteiger partial charge in [-0.25, -0.2) is 0 Å². The highest BCUT2D eigenvalue weighted by atomic mass is 35.5. The van der Waals surface area contributed by atoms with Gasteiger partial charge >= 0.3 is 0 Å². The predicted octanol–water partition coefficient (Wildman–Crippen LogP) is 4.39. The van der Waals surface area contributed by atoms with E-state index in [4.69, 9.17) is 11.6 Å². The minimum absolute atomic E-state index is 0.207. The van der Waals surface area contributed by atoms with Crippen LogP contribution in [0.4, 0.5) is 11.4 Å². The van der Waals surface area contributed by atoms with Crippen LogP contribution in [-0.2, 0) is 5.75 Å². The molecule has 1 aliphatic heterocycles. The lowest BCUT2D eigenvalue weighted by molar-refractivity contribution is 1.20. The first-order valence-electron chi connectivity index (χ1n) is 5.80. The van der Waals surface area contributed by atoms with Gasteiger partial charge in [0.2, 0.25) is 0 Å². The topological polar surface area (TPSA) is 24.1 Å². The minimum Gasteiger partial charge on any atom is -0.355 e. The van der Waals surface area contributed by atoms with Crippen molar-refractivity contribution in [3.8, 4) is 0 Å². The first-order valence-corrected chi connectivity index (χ1v) is 7.23. The van der Waals surface area contributed by atoms with Crippen LogP contribution >= 0.6 is 23.4 Å². The zero-order valence-electron chi connectivity index (χ0n) is 9.69. The third-order valence-electron chi connectivity index (χ3n) is 2.86. The van der Waals surface area contributed by atoms with Gasteiger partial charge in [0.05, 0.1) is 11.4 Å². The summed E-state index contributed by atoms with van der Waals surface area (Å²) in [5.74, 6) is 0.887. The van der Waals surface area contributed by atoms with Gasteiger partial charge in [0.25, 0.3) is 0 Å². The van der Waals surface area contributed by atoms with Gasteiger partial charge in [-0.1, -0.05) is 41.9 Å². The molecule has 92 valence electrons. The van der Waals surface area contributed by atoms with Crippen molar-refractivity contribution in [3.05, 3.63) is 59.1 Å². The SMILES string of the molecule is Clc1ccccc1CSC1Nc2ccccc2N1. The molecule has 4 heteroatoms. The number of rotatable bonds is 3. The number of halogens is 1. The summed E-state index contributed by atoms with van der Waals surface area (Å²) < 4.78 is 0. The Morgan fingerprint density at radius 3 is 2.22 bits per heavy atom. The first-order chi connectivity index (χ1) is 8.83. The van der Waals surface area contributed by atoms with Crippen LogP contribution in [0.25, 0.3) is 0 Å². The molecule has 0 saturated heterocycles. The summed E-state index contributed by atoms with van der Waals surface area (Å²) in [6.45, 7) is 0. The second-order valence-corrected chi connectivity index (χ2v) is 5.62. The van der Waals surface area contributed by atoms with E-state index in [0.29, 0.717) is 0 Å². The number of benzene rings is 2. The molecule has 1 aliphatic rings. The highest BCUT2D eigenvalue weighted by molar-refractivity contribution is 7.99. The molecule has 2 N–H and O–H groups in total. The Bertz CT molecular complexity index is 534. The molecule has 0 bridgehead atoms. The lowest BCUT2D eigenvalue weighted by atomic mass is 10.2. The zero-order chi connectivity index (χ0) is 12.4. The maximum Gasteiger partial charge on any atom is 0.146 e. The molecule has 1 heterocycles. The molecule has 0 fully saturated rings. The van der Waals surface area contributed by atoms with E-state index in [0.717, 1.165) is 22.2 Å². The Hall–Kier alpha value is -1.32. The number of thioether (sulfide) groups is 1. The fourth-order valence-electron chi connectivity index (χ4n) is 1.93. The highest BCUT2D eigenvalue weighted by Crippen LogP contribution is 2.33. The summed E-state index contributed by atoms with van der Waals surface area (Å²) in [6, 6.07) is 16.2. The normalized spacial score (nSPS) is 13.8. The van der Waals surface area contributed by atoms with Crippen molar-refractivity contribution in [1.82, 2.24) is 0 Å². The largest absolute Gasteiger partial charge is 0.355 e. The van der Waals surface area contributed by atoms with Crippen molar-refractivity contribution >= 4 is 34.7 Å². The van der Waals surface area contributed by atoms with Crippen molar-refractivity contribution in [2.75, 3.05) is 10.6 Å². The van der Waals surface area contributed by atoms with Crippen LogP contribution in [-0.4, -0.2) is 5.50 Å². The van der Waals surface area contributed by atoms with Gasteiger partial charge in [0.15, 0.2) is 0 Å². The molecule has 0 radical (unpaired) electrons. The van der Waals surface area contributed by atoms with E-state index in [2.05, 4.69) is 28.8 Å². The third kappa shape index (κ3) is 2.42. The van der Waals surface area contributed by atoms with Gasteiger partial charge in [-0.2, -0.15) is 0 Å². The standard InChI is InChI=1S/C14H13ClN2S/c15-11-6-2-1-5-10(11)9-18-14-16-12-7-3-4-8-13(12)17-14/h1-8,14,16-17H,9H2. The molecule has 0 spiro atoms. The molecular weight excluding hydrogens is 264 g/mol. The molecule has 0 unspecified atom stereocenters. The average Bonchev–Trinajstić information content (AvgIpc) is 2.80. The van der Waals surface area contributed by atoms with E-state index in [1.807, 2.05) is 30.3 Å². The number of para-hydroxylation sites is 2. The summed E-state index contributed by atoms with van der Waals surface area (Å²) in [6.07, 6.45) is 0. The molecule has 0 aromatic heterocycles. The number of hydrogen-bond acceptors (Lipinski definition) is 3. The summed E-state index contributed by atoms with van der Waals surface area (Å²) in [5.41, 5.74) is 3.70. The van der Waals surface area contributed by atoms with E-state index in [9.17, 15) is 0 Å². The van der Waals surface area contributed by atoms with Crippen LogP contribution in [0.2, 0.25) is 5.02 Å². The van der Waals surface area contributed by atoms with Gasteiger partial charge in [0.1, 0.15) is 5.50 Å². The Balaban J connectivity index is 1.62. The molecule has 2 nitrogen and oxygen atoms in total. The van der Waals surface area contributed by atoms with Crippen molar-refractivity contribution in [2.45, 2.75) is 11.3 Å². The van der Waals surface area contributed by atoms with Crippen LogP contribution in [0.5, 0.6) is 0 Å². The van der Waals surface area contributed by atoms with E-state index in [-0.39, 0.29) is 5.50 Å². The first kappa shape index (κ1) is 11.8. The van der Waals surface area contributed by atoms with Crippen LogP contribution in [0.15, 0.2) is 48.5 Å². The fourth-order valence-corrected chi connectivity index (χ4v) is 3.23. The monoisotopic (exact) mass is 276 g/mol. The Morgan fingerprint density at radius 2 is 1.56 bits per heavy atom. The van der Waals surface area contributed by atoms with E-state index < -0.39 is 0 Å². The minimum atomic E-state index is 0.207. The van der Waals surface area contributed by atoms with Crippen LogP contribution in [0.1, 0.15) is 5.56 Å². The van der Waals surface area contributed by atoms with Crippen LogP contribution in [0.3, 0.4) is 0 Å².